The number of nitro groups is 1. The zero-order valence-electron chi connectivity index (χ0n) is 11.4. The van der Waals surface area contributed by atoms with Crippen molar-refractivity contribution >= 4 is 11.4 Å². The van der Waals surface area contributed by atoms with Crippen molar-refractivity contribution in [2.75, 3.05) is 18.5 Å². The molecule has 1 aromatic carbocycles. The Bertz CT molecular complexity index is 456. The Morgan fingerprint density at radius 3 is 2.68 bits per heavy atom. The minimum Gasteiger partial charge on any atom is -0.382 e. The lowest BCUT2D eigenvalue weighted by molar-refractivity contribution is -0.384. The highest BCUT2D eigenvalue weighted by molar-refractivity contribution is 5.54. The molecule has 1 unspecified atom stereocenters. The maximum atomic E-state index is 10.9. The van der Waals surface area contributed by atoms with Gasteiger partial charge in [0.25, 0.3) is 5.69 Å². The van der Waals surface area contributed by atoms with Crippen LogP contribution in [0.4, 0.5) is 11.4 Å². The molecule has 1 N–H and O–H groups in total. The molecule has 0 radical (unpaired) electrons. The van der Waals surface area contributed by atoms with Crippen LogP contribution in [0.5, 0.6) is 0 Å². The quantitative estimate of drug-likeness (QED) is 0.670. The number of aryl methyl sites for hydroxylation is 1. The molecule has 0 saturated carbocycles. The van der Waals surface area contributed by atoms with Crippen LogP contribution in [0.2, 0.25) is 0 Å². The van der Waals surface area contributed by atoms with Gasteiger partial charge in [0, 0.05) is 37.1 Å². The van der Waals surface area contributed by atoms with Gasteiger partial charge >= 0.3 is 0 Å². The summed E-state index contributed by atoms with van der Waals surface area (Å²) >= 11 is 0. The summed E-state index contributed by atoms with van der Waals surface area (Å²) in [6.45, 7) is 5.62. The van der Waals surface area contributed by atoms with Crippen molar-refractivity contribution in [3.05, 3.63) is 33.9 Å². The van der Waals surface area contributed by atoms with E-state index < -0.39 is 0 Å². The predicted molar refractivity (Wildman–Crippen MR) is 74.5 cm³/mol. The summed E-state index contributed by atoms with van der Waals surface area (Å²) in [5.74, 6) is 0.563. The summed E-state index contributed by atoms with van der Waals surface area (Å²) in [6.07, 6.45) is 2.09. The van der Waals surface area contributed by atoms with E-state index in [9.17, 15) is 10.1 Å². The summed E-state index contributed by atoms with van der Waals surface area (Å²) in [5, 5.41) is 14.2. The normalized spacial score (nSPS) is 18.0. The third-order valence-corrected chi connectivity index (χ3v) is 3.64. The number of benzene rings is 1. The first kappa shape index (κ1) is 13.8. The largest absolute Gasteiger partial charge is 0.382 e. The lowest BCUT2D eigenvalue weighted by Crippen LogP contribution is -2.30. The molecule has 1 atom stereocenters. The fraction of sp³-hybridized carbons (Fsp3) is 0.571. The standard InChI is InChI=1S/C14H20N2O3/c1-10-7-13(9-14(8-10)16(17)18)15-11(2)12-3-5-19-6-4-12/h7-9,11-12,15H,3-6H2,1-2H3. The topological polar surface area (TPSA) is 64.4 Å². The fourth-order valence-electron chi connectivity index (χ4n) is 2.55. The molecule has 5 nitrogen and oxygen atoms in total. The van der Waals surface area contributed by atoms with E-state index in [1.807, 2.05) is 13.0 Å². The Kier molecular flexibility index (Phi) is 4.37. The van der Waals surface area contributed by atoms with E-state index in [2.05, 4.69) is 12.2 Å². The number of nitrogens with one attached hydrogen (secondary N) is 1. The lowest BCUT2D eigenvalue weighted by atomic mass is 9.92. The zero-order valence-corrected chi connectivity index (χ0v) is 11.4. The molecule has 0 aromatic heterocycles. The molecular weight excluding hydrogens is 244 g/mol. The predicted octanol–water partition coefficient (Wildman–Crippen LogP) is 3.13. The van der Waals surface area contributed by atoms with Crippen molar-refractivity contribution in [3.63, 3.8) is 0 Å². The van der Waals surface area contributed by atoms with Crippen LogP contribution in [0.25, 0.3) is 0 Å². The van der Waals surface area contributed by atoms with E-state index in [1.165, 1.54) is 0 Å². The van der Waals surface area contributed by atoms with Gasteiger partial charge in [-0.25, -0.2) is 0 Å². The summed E-state index contributed by atoms with van der Waals surface area (Å²) in [4.78, 5) is 10.5. The van der Waals surface area contributed by atoms with Crippen LogP contribution >= 0.6 is 0 Å². The molecule has 0 aliphatic carbocycles. The van der Waals surface area contributed by atoms with Gasteiger partial charge in [0.1, 0.15) is 0 Å². The Labute approximate surface area is 113 Å². The molecule has 1 aromatic rings. The Morgan fingerprint density at radius 2 is 2.05 bits per heavy atom. The monoisotopic (exact) mass is 264 g/mol. The van der Waals surface area contributed by atoms with Crippen molar-refractivity contribution in [3.8, 4) is 0 Å². The van der Waals surface area contributed by atoms with Crippen LogP contribution < -0.4 is 5.32 Å². The van der Waals surface area contributed by atoms with Gasteiger partial charge in [0.05, 0.1) is 4.92 Å². The molecule has 0 spiro atoms. The number of nitrogens with zero attached hydrogens (tertiary/aromatic N) is 1. The van der Waals surface area contributed by atoms with Crippen molar-refractivity contribution in [1.29, 1.82) is 0 Å². The average Bonchev–Trinajstić information content (AvgIpc) is 2.39. The Morgan fingerprint density at radius 1 is 1.37 bits per heavy atom. The van der Waals surface area contributed by atoms with Gasteiger partial charge in [-0.2, -0.15) is 0 Å². The van der Waals surface area contributed by atoms with Crippen LogP contribution in [0.1, 0.15) is 25.3 Å². The van der Waals surface area contributed by atoms with Gasteiger partial charge in [-0.1, -0.05) is 0 Å². The number of hydrogen-bond acceptors (Lipinski definition) is 4. The Balaban J connectivity index is 2.07. The van der Waals surface area contributed by atoms with E-state index in [-0.39, 0.29) is 10.6 Å². The molecule has 19 heavy (non-hydrogen) atoms. The molecule has 1 fully saturated rings. The van der Waals surface area contributed by atoms with E-state index in [0.29, 0.717) is 12.0 Å². The maximum absolute atomic E-state index is 10.9. The minimum absolute atomic E-state index is 0.140. The van der Waals surface area contributed by atoms with Gasteiger partial charge in [-0.3, -0.25) is 10.1 Å². The first-order valence-corrected chi connectivity index (χ1v) is 6.66. The first-order valence-electron chi connectivity index (χ1n) is 6.66. The second-order valence-corrected chi connectivity index (χ2v) is 5.20. The summed E-state index contributed by atoms with van der Waals surface area (Å²) < 4.78 is 5.35. The summed E-state index contributed by atoms with van der Waals surface area (Å²) in [5.41, 5.74) is 1.86. The molecule has 0 amide bonds. The van der Waals surface area contributed by atoms with Gasteiger partial charge < -0.3 is 10.1 Å². The van der Waals surface area contributed by atoms with Crippen molar-refractivity contribution < 1.29 is 9.66 Å². The highest BCUT2D eigenvalue weighted by Crippen LogP contribution is 2.25. The van der Waals surface area contributed by atoms with Gasteiger partial charge in [-0.15, -0.1) is 0 Å². The number of hydrogen-bond donors (Lipinski definition) is 1. The molecule has 1 aliphatic heterocycles. The van der Waals surface area contributed by atoms with Crippen LogP contribution in [0, 0.1) is 23.0 Å². The number of ether oxygens (including phenoxy) is 1. The third kappa shape index (κ3) is 3.67. The molecule has 1 heterocycles. The molecule has 5 heteroatoms. The van der Waals surface area contributed by atoms with E-state index in [0.717, 1.165) is 37.3 Å². The van der Waals surface area contributed by atoms with Gasteiger partial charge in [-0.05, 0) is 44.2 Å². The molecule has 2 rings (SSSR count). The van der Waals surface area contributed by atoms with Crippen molar-refractivity contribution in [2.24, 2.45) is 5.92 Å². The van der Waals surface area contributed by atoms with E-state index in [4.69, 9.17) is 4.74 Å². The second kappa shape index (κ2) is 6.02. The van der Waals surface area contributed by atoms with Crippen LogP contribution in [-0.4, -0.2) is 24.2 Å². The summed E-state index contributed by atoms with van der Waals surface area (Å²) in [6, 6.07) is 5.43. The van der Waals surface area contributed by atoms with Crippen molar-refractivity contribution in [1.82, 2.24) is 0 Å². The molecule has 104 valence electrons. The van der Waals surface area contributed by atoms with Crippen LogP contribution in [-0.2, 0) is 4.74 Å². The third-order valence-electron chi connectivity index (χ3n) is 3.64. The van der Waals surface area contributed by atoms with E-state index >= 15 is 0 Å². The summed E-state index contributed by atoms with van der Waals surface area (Å²) in [7, 11) is 0. The zero-order chi connectivity index (χ0) is 13.8. The van der Waals surface area contributed by atoms with Crippen LogP contribution in [0.3, 0.4) is 0 Å². The van der Waals surface area contributed by atoms with Crippen LogP contribution in [0.15, 0.2) is 18.2 Å². The number of non-ortho nitro benzene ring substituents is 1. The number of nitro benzene ring substituents is 1. The van der Waals surface area contributed by atoms with Gasteiger partial charge in [0.2, 0.25) is 0 Å². The Hall–Kier alpha value is -1.62. The SMILES string of the molecule is Cc1cc(NC(C)C2CCOCC2)cc([N+](=O)[O-])c1. The average molecular weight is 264 g/mol. The first-order chi connectivity index (χ1) is 9.06. The van der Waals surface area contributed by atoms with Crippen molar-refractivity contribution in [2.45, 2.75) is 32.7 Å². The second-order valence-electron chi connectivity index (χ2n) is 5.20. The molecular formula is C14H20N2O3. The minimum atomic E-state index is -0.350. The molecule has 0 bridgehead atoms. The molecule has 1 saturated heterocycles. The molecule has 1 aliphatic rings. The van der Waals surface area contributed by atoms with Gasteiger partial charge in [0.15, 0.2) is 0 Å². The highest BCUT2D eigenvalue weighted by atomic mass is 16.6. The number of anilines is 1. The smallest absolute Gasteiger partial charge is 0.271 e. The maximum Gasteiger partial charge on any atom is 0.271 e. The highest BCUT2D eigenvalue weighted by Gasteiger charge is 2.20. The lowest BCUT2D eigenvalue weighted by Gasteiger charge is -2.29. The number of rotatable bonds is 4. The van der Waals surface area contributed by atoms with E-state index in [1.54, 1.807) is 12.1 Å². The fourth-order valence-corrected chi connectivity index (χ4v) is 2.55.